The maximum Gasteiger partial charge on any atom is 0.0850 e. The number of hydrogen-bond acceptors (Lipinski definition) is 3. The van der Waals surface area contributed by atoms with Crippen molar-refractivity contribution in [1.82, 2.24) is 0 Å². The lowest BCUT2D eigenvalue weighted by molar-refractivity contribution is 0.292. The number of aliphatic hydroxyl groups is 1. The van der Waals surface area contributed by atoms with Crippen LogP contribution in [0.2, 0.25) is 0 Å². The fourth-order valence-corrected chi connectivity index (χ4v) is 1.91. The van der Waals surface area contributed by atoms with Crippen LogP contribution in [0.3, 0.4) is 0 Å². The van der Waals surface area contributed by atoms with E-state index in [1.165, 1.54) is 5.71 Å². The molecule has 0 aromatic rings. The maximum absolute atomic E-state index is 8.58. The fraction of sp³-hybridized carbons (Fsp3) is 0.833. The van der Waals surface area contributed by atoms with E-state index in [0.717, 1.165) is 12.3 Å². The molecule has 0 fully saturated rings. The molecule has 1 aliphatic heterocycles. The van der Waals surface area contributed by atoms with Gasteiger partial charge < -0.3 is 5.11 Å². The van der Waals surface area contributed by atoms with Gasteiger partial charge in [-0.2, -0.15) is 0 Å². The Labute approximate surface area is 59.4 Å². The molecule has 0 amide bonds. The molecule has 0 saturated heterocycles. The zero-order valence-corrected chi connectivity index (χ0v) is 6.32. The minimum atomic E-state index is 0.282. The molecule has 52 valence electrons. The van der Waals surface area contributed by atoms with Gasteiger partial charge in [0.2, 0.25) is 0 Å². The molecule has 1 unspecified atom stereocenters. The summed E-state index contributed by atoms with van der Waals surface area (Å²) in [4.78, 5) is 4.20. The van der Waals surface area contributed by atoms with Crippen molar-refractivity contribution in [2.45, 2.75) is 18.6 Å². The van der Waals surface area contributed by atoms with E-state index in [9.17, 15) is 0 Å². The van der Waals surface area contributed by atoms with Gasteiger partial charge in [-0.1, -0.05) is 0 Å². The second kappa shape index (κ2) is 3.22. The second-order valence-corrected chi connectivity index (χ2v) is 3.26. The van der Waals surface area contributed by atoms with Crippen LogP contribution in [-0.4, -0.2) is 28.6 Å². The molecule has 1 rings (SSSR count). The van der Waals surface area contributed by atoms with Gasteiger partial charge in [-0.3, -0.25) is 4.99 Å². The average molecular weight is 145 g/mol. The fourth-order valence-electron chi connectivity index (χ4n) is 0.861. The first-order valence-electron chi connectivity index (χ1n) is 3.08. The molecule has 0 saturated carbocycles. The summed E-state index contributed by atoms with van der Waals surface area (Å²) in [6.45, 7) is 2.31. The van der Waals surface area contributed by atoms with Gasteiger partial charge in [0.15, 0.2) is 0 Å². The van der Waals surface area contributed by atoms with E-state index in [-0.39, 0.29) is 6.61 Å². The number of hydrogen-bond donors (Lipinski definition) is 1. The molecule has 1 N–H and O–H groups in total. The lowest BCUT2D eigenvalue weighted by Crippen LogP contribution is -2.10. The predicted molar refractivity (Wildman–Crippen MR) is 41.1 cm³/mol. The van der Waals surface area contributed by atoms with Crippen LogP contribution in [0.4, 0.5) is 0 Å². The molecular formula is C6H11NOS. The topological polar surface area (TPSA) is 32.6 Å². The van der Waals surface area contributed by atoms with Crippen LogP contribution in [0.15, 0.2) is 4.99 Å². The summed E-state index contributed by atoms with van der Waals surface area (Å²) in [7, 11) is 0. The standard InChI is InChI=1S/C6H11NOS/c1-5-6(2-3-8)9-4-7-5/h6,8H,2-4H2,1H3. The zero-order valence-electron chi connectivity index (χ0n) is 5.50. The summed E-state index contributed by atoms with van der Waals surface area (Å²) in [6, 6.07) is 0. The van der Waals surface area contributed by atoms with Crippen molar-refractivity contribution >= 4 is 17.5 Å². The molecule has 1 atom stereocenters. The van der Waals surface area contributed by atoms with Crippen LogP contribution < -0.4 is 0 Å². The minimum Gasteiger partial charge on any atom is -0.396 e. The normalized spacial score (nSPS) is 26.4. The first kappa shape index (κ1) is 7.09. The molecule has 0 bridgehead atoms. The third kappa shape index (κ3) is 1.69. The summed E-state index contributed by atoms with van der Waals surface area (Å²) in [5.41, 5.74) is 1.19. The summed E-state index contributed by atoms with van der Waals surface area (Å²) < 4.78 is 0. The highest BCUT2D eigenvalue weighted by molar-refractivity contribution is 8.00. The quantitative estimate of drug-likeness (QED) is 0.626. The lowest BCUT2D eigenvalue weighted by Gasteiger charge is -2.04. The van der Waals surface area contributed by atoms with Gasteiger partial charge in [-0.05, 0) is 13.3 Å². The Bertz CT molecular complexity index is 124. The van der Waals surface area contributed by atoms with Crippen molar-refractivity contribution in [2.24, 2.45) is 4.99 Å². The second-order valence-electron chi connectivity index (χ2n) is 2.10. The smallest absolute Gasteiger partial charge is 0.0850 e. The van der Waals surface area contributed by atoms with E-state index in [0.29, 0.717) is 5.25 Å². The zero-order chi connectivity index (χ0) is 6.69. The van der Waals surface area contributed by atoms with Crippen LogP contribution in [0.1, 0.15) is 13.3 Å². The van der Waals surface area contributed by atoms with Gasteiger partial charge in [-0.25, -0.2) is 0 Å². The van der Waals surface area contributed by atoms with Gasteiger partial charge in [0, 0.05) is 17.6 Å². The summed E-state index contributed by atoms with van der Waals surface area (Å²) in [5, 5.41) is 9.07. The first-order valence-corrected chi connectivity index (χ1v) is 4.13. The Hall–Kier alpha value is -0.0200. The number of nitrogens with zero attached hydrogens (tertiary/aromatic N) is 1. The Morgan fingerprint density at radius 3 is 3.11 bits per heavy atom. The van der Waals surface area contributed by atoms with Crippen molar-refractivity contribution in [3.8, 4) is 0 Å². The number of rotatable bonds is 2. The molecule has 0 aliphatic carbocycles. The summed E-state index contributed by atoms with van der Waals surface area (Å²) in [6.07, 6.45) is 0.861. The summed E-state index contributed by atoms with van der Waals surface area (Å²) in [5.74, 6) is 0.885. The number of thioether (sulfide) groups is 1. The number of aliphatic imine (C=N–C) groups is 1. The molecule has 0 aromatic heterocycles. The first-order chi connectivity index (χ1) is 4.34. The van der Waals surface area contributed by atoms with Crippen LogP contribution in [-0.2, 0) is 0 Å². The van der Waals surface area contributed by atoms with E-state index in [1.807, 2.05) is 18.7 Å². The van der Waals surface area contributed by atoms with Crippen molar-refractivity contribution in [1.29, 1.82) is 0 Å². The van der Waals surface area contributed by atoms with E-state index >= 15 is 0 Å². The lowest BCUT2D eigenvalue weighted by atomic mass is 10.2. The van der Waals surface area contributed by atoms with Gasteiger partial charge in [-0.15, -0.1) is 11.8 Å². The van der Waals surface area contributed by atoms with E-state index in [2.05, 4.69) is 4.99 Å². The Kier molecular flexibility index (Phi) is 2.54. The maximum atomic E-state index is 8.58. The third-order valence-corrected chi connectivity index (χ3v) is 2.70. The Morgan fingerprint density at radius 2 is 2.67 bits per heavy atom. The minimum absolute atomic E-state index is 0.282. The molecule has 1 heterocycles. The molecule has 0 aromatic carbocycles. The highest BCUT2D eigenvalue weighted by atomic mass is 32.2. The van der Waals surface area contributed by atoms with Crippen LogP contribution in [0, 0.1) is 0 Å². The van der Waals surface area contributed by atoms with E-state index in [4.69, 9.17) is 5.11 Å². The molecule has 1 aliphatic rings. The van der Waals surface area contributed by atoms with Gasteiger partial charge in [0.1, 0.15) is 0 Å². The molecule has 0 spiro atoms. The Morgan fingerprint density at radius 1 is 1.89 bits per heavy atom. The molecule has 0 radical (unpaired) electrons. The van der Waals surface area contributed by atoms with Crippen molar-refractivity contribution < 1.29 is 5.11 Å². The molecule has 9 heavy (non-hydrogen) atoms. The molecular weight excluding hydrogens is 134 g/mol. The monoisotopic (exact) mass is 145 g/mol. The number of aliphatic hydroxyl groups excluding tert-OH is 1. The SMILES string of the molecule is CC1=NCSC1CCO. The predicted octanol–water partition coefficient (Wildman–Crippen LogP) is 0.903. The van der Waals surface area contributed by atoms with Crippen LogP contribution >= 0.6 is 11.8 Å². The van der Waals surface area contributed by atoms with E-state index < -0.39 is 0 Å². The average Bonchev–Trinajstić information content (AvgIpc) is 2.18. The van der Waals surface area contributed by atoms with Gasteiger partial charge in [0.05, 0.1) is 5.88 Å². The van der Waals surface area contributed by atoms with E-state index in [1.54, 1.807) is 0 Å². The van der Waals surface area contributed by atoms with Crippen molar-refractivity contribution in [3.05, 3.63) is 0 Å². The third-order valence-electron chi connectivity index (χ3n) is 1.45. The molecule has 2 nitrogen and oxygen atoms in total. The summed E-state index contributed by atoms with van der Waals surface area (Å²) >= 11 is 1.81. The van der Waals surface area contributed by atoms with Gasteiger partial charge in [0.25, 0.3) is 0 Å². The Balaban J connectivity index is 2.34. The largest absolute Gasteiger partial charge is 0.396 e. The van der Waals surface area contributed by atoms with Gasteiger partial charge >= 0.3 is 0 Å². The molecule has 3 heteroatoms. The van der Waals surface area contributed by atoms with Crippen LogP contribution in [0.25, 0.3) is 0 Å². The highest BCUT2D eigenvalue weighted by Gasteiger charge is 2.16. The van der Waals surface area contributed by atoms with Crippen molar-refractivity contribution in [2.75, 3.05) is 12.5 Å². The van der Waals surface area contributed by atoms with Crippen molar-refractivity contribution in [3.63, 3.8) is 0 Å². The highest BCUT2D eigenvalue weighted by Crippen LogP contribution is 2.22. The van der Waals surface area contributed by atoms with Crippen LogP contribution in [0.5, 0.6) is 0 Å².